The minimum atomic E-state index is -4.64. The zero-order valence-corrected chi connectivity index (χ0v) is 9.62. The van der Waals surface area contributed by atoms with Crippen molar-refractivity contribution in [2.75, 3.05) is 0 Å². The second-order valence-electron chi connectivity index (χ2n) is 2.52. The highest BCUT2D eigenvalue weighted by atomic mass is 79.9. The van der Waals surface area contributed by atoms with Crippen molar-refractivity contribution in [3.8, 4) is 0 Å². The lowest BCUT2D eigenvalue weighted by molar-refractivity contribution is -0.385. The van der Waals surface area contributed by atoms with Crippen LogP contribution >= 0.6 is 27.7 Å². The van der Waals surface area contributed by atoms with E-state index in [0.717, 1.165) is 12.1 Å². The molecular weight excluding hydrogens is 318 g/mol. The highest BCUT2D eigenvalue weighted by Crippen LogP contribution is 2.41. The van der Waals surface area contributed by atoms with Gasteiger partial charge in [0.15, 0.2) is 5.82 Å². The predicted molar refractivity (Wildman–Crippen MR) is 52.7 cm³/mol. The predicted octanol–water partition coefficient (Wildman–Crippen LogP) is 4.11. The summed E-state index contributed by atoms with van der Waals surface area (Å²) in [5, 5.41) is 10.4. The van der Waals surface area contributed by atoms with Crippen LogP contribution in [-0.2, 0) is 0 Å². The number of thioether (sulfide) groups is 1. The minimum absolute atomic E-state index is 0.591. The first kappa shape index (κ1) is 13.2. The van der Waals surface area contributed by atoms with Gasteiger partial charge in [0.25, 0.3) is 5.69 Å². The van der Waals surface area contributed by atoms with Gasteiger partial charge in [-0.05, 0) is 33.8 Å². The van der Waals surface area contributed by atoms with Gasteiger partial charge in [-0.1, -0.05) is 0 Å². The topological polar surface area (TPSA) is 43.1 Å². The average molecular weight is 320 g/mol. The lowest BCUT2D eigenvalue weighted by Gasteiger charge is -2.07. The first-order valence-electron chi connectivity index (χ1n) is 3.60. The van der Waals surface area contributed by atoms with E-state index >= 15 is 0 Å². The van der Waals surface area contributed by atoms with Gasteiger partial charge >= 0.3 is 5.51 Å². The van der Waals surface area contributed by atoms with Crippen molar-refractivity contribution in [3.63, 3.8) is 0 Å². The quantitative estimate of drug-likeness (QED) is 0.356. The molecule has 1 aromatic carbocycles. The summed E-state index contributed by atoms with van der Waals surface area (Å²) in [4.78, 5) is 8.74. The van der Waals surface area contributed by atoms with Crippen molar-refractivity contribution in [1.29, 1.82) is 0 Å². The first-order valence-corrected chi connectivity index (χ1v) is 5.21. The van der Waals surface area contributed by atoms with Gasteiger partial charge in [0.05, 0.1) is 9.82 Å². The Balaban J connectivity index is 3.17. The molecule has 88 valence electrons. The first-order chi connectivity index (χ1) is 7.22. The molecule has 3 nitrogen and oxygen atoms in total. The van der Waals surface area contributed by atoms with E-state index in [-0.39, 0.29) is 0 Å². The maximum Gasteiger partial charge on any atom is 0.446 e. The van der Waals surface area contributed by atoms with Crippen LogP contribution in [0.25, 0.3) is 0 Å². The van der Waals surface area contributed by atoms with Crippen LogP contribution in [0.3, 0.4) is 0 Å². The van der Waals surface area contributed by atoms with Gasteiger partial charge in [-0.15, -0.1) is 0 Å². The van der Waals surface area contributed by atoms with Crippen LogP contribution < -0.4 is 0 Å². The molecule has 1 rings (SSSR count). The smallest absolute Gasteiger partial charge is 0.258 e. The van der Waals surface area contributed by atoms with E-state index in [1.54, 1.807) is 0 Å². The van der Waals surface area contributed by atoms with E-state index in [9.17, 15) is 27.7 Å². The van der Waals surface area contributed by atoms with E-state index in [4.69, 9.17) is 0 Å². The Hall–Kier alpha value is -0.830. The summed E-state index contributed by atoms with van der Waals surface area (Å²) in [6.45, 7) is 0. The molecule has 0 amide bonds. The molecule has 0 radical (unpaired) electrons. The third kappa shape index (κ3) is 3.08. The van der Waals surface area contributed by atoms with Crippen LogP contribution in [-0.4, -0.2) is 10.4 Å². The van der Waals surface area contributed by atoms with Crippen molar-refractivity contribution >= 4 is 33.4 Å². The average Bonchev–Trinajstić information content (AvgIpc) is 2.10. The zero-order valence-electron chi connectivity index (χ0n) is 7.22. The molecule has 0 aliphatic rings. The van der Waals surface area contributed by atoms with E-state index in [0.29, 0.717) is 0 Å². The van der Waals surface area contributed by atoms with Crippen LogP contribution in [0.15, 0.2) is 21.5 Å². The van der Waals surface area contributed by atoms with Gasteiger partial charge in [0, 0.05) is 6.07 Å². The molecule has 0 spiro atoms. The molecule has 0 aliphatic carbocycles. The van der Waals surface area contributed by atoms with E-state index in [2.05, 4.69) is 15.9 Å². The van der Waals surface area contributed by atoms with Crippen LogP contribution in [0, 0.1) is 15.9 Å². The molecule has 1 aromatic rings. The summed E-state index contributed by atoms with van der Waals surface area (Å²) < 4.78 is 48.6. The van der Waals surface area contributed by atoms with Gasteiger partial charge in [-0.2, -0.15) is 13.2 Å². The molecule has 0 saturated heterocycles. The number of nitro groups is 1. The van der Waals surface area contributed by atoms with Crippen LogP contribution in [0.1, 0.15) is 0 Å². The van der Waals surface area contributed by atoms with Gasteiger partial charge < -0.3 is 0 Å². The Morgan fingerprint density at radius 3 is 2.38 bits per heavy atom. The molecule has 0 aliphatic heterocycles. The lowest BCUT2D eigenvalue weighted by Crippen LogP contribution is -2.01. The summed E-state index contributed by atoms with van der Waals surface area (Å²) in [6, 6.07) is 1.53. The van der Waals surface area contributed by atoms with E-state index in [1.165, 1.54) is 0 Å². The van der Waals surface area contributed by atoms with Gasteiger partial charge in [-0.3, -0.25) is 10.1 Å². The second kappa shape index (κ2) is 4.58. The summed E-state index contributed by atoms with van der Waals surface area (Å²) in [7, 11) is 0. The van der Waals surface area contributed by atoms with Crippen LogP contribution in [0.2, 0.25) is 0 Å². The van der Waals surface area contributed by atoms with Crippen molar-refractivity contribution < 1.29 is 22.5 Å². The number of hydrogen-bond acceptors (Lipinski definition) is 3. The zero-order chi connectivity index (χ0) is 12.5. The standard InChI is InChI=1S/C7H2BrF4NO2S/c8-5-3(13(14)15)1-2-4(6(5)9)16-7(10,11)12/h1-2H. The fourth-order valence-corrected chi connectivity index (χ4v) is 2.06. The minimum Gasteiger partial charge on any atom is -0.258 e. The third-order valence-electron chi connectivity index (χ3n) is 1.45. The third-order valence-corrected chi connectivity index (χ3v) is 2.97. The van der Waals surface area contributed by atoms with E-state index < -0.39 is 43.1 Å². The highest BCUT2D eigenvalue weighted by Gasteiger charge is 2.32. The van der Waals surface area contributed by atoms with Crippen molar-refractivity contribution in [2.24, 2.45) is 0 Å². The van der Waals surface area contributed by atoms with Crippen LogP contribution in [0.5, 0.6) is 0 Å². The molecule has 0 N–H and O–H groups in total. The summed E-state index contributed by atoms with van der Waals surface area (Å²) in [6.07, 6.45) is 0. The molecule has 0 saturated carbocycles. The summed E-state index contributed by atoms with van der Waals surface area (Å²) in [5.74, 6) is -1.29. The number of nitrogens with zero attached hydrogens (tertiary/aromatic N) is 1. The van der Waals surface area contributed by atoms with Gasteiger partial charge in [0.1, 0.15) is 4.47 Å². The largest absolute Gasteiger partial charge is 0.446 e. The molecule has 0 unspecified atom stereocenters. The Labute approximate surface area is 99.1 Å². The fraction of sp³-hybridized carbons (Fsp3) is 0.143. The lowest BCUT2D eigenvalue weighted by atomic mass is 10.3. The Bertz CT molecular complexity index is 437. The monoisotopic (exact) mass is 319 g/mol. The maximum atomic E-state index is 13.3. The molecule has 0 heterocycles. The van der Waals surface area contributed by atoms with Crippen molar-refractivity contribution in [3.05, 3.63) is 32.5 Å². The molecule has 16 heavy (non-hydrogen) atoms. The van der Waals surface area contributed by atoms with Crippen molar-refractivity contribution in [2.45, 2.75) is 10.4 Å². The molecule has 9 heteroatoms. The molecule has 0 bridgehead atoms. The SMILES string of the molecule is O=[N+]([O-])c1ccc(SC(F)(F)F)c(F)c1Br. The van der Waals surface area contributed by atoms with E-state index in [1.807, 2.05) is 0 Å². The molecular formula is C7H2BrF4NO2S. The Morgan fingerprint density at radius 2 is 1.94 bits per heavy atom. The fourth-order valence-electron chi connectivity index (χ4n) is 0.866. The number of rotatable bonds is 2. The molecule has 0 atom stereocenters. The number of nitro benzene ring substituents is 1. The van der Waals surface area contributed by atoms with Crippen LogP contribution in [0.4, 0.5) is 23.2 Å². The van der Waals surface area contributed by atoms with Crippen molar-refractivity contribution in [1.82, 2.24) is 0 Å². The van der Waals surface area contributed by atoms with Gasteiger partial charge in [-0.25, -0.2) is 4.39 Å². The summed E-state index contributed by atoms with van der Waals surface area (Å²) >= 11 is 1.88. The number of alkyl halides is 3. The summed E-state index contributed by atoms with van der Waals surface area (Å²) in [5.41, 5.74) is -5.26. The second-order valence-corrected chi connectivity index (χ2v) is 4.42. The van der Waals surface area contributed by atoms with Gasteiger partial charge in [0.2, 0.25) is 0 Å². The number of hydrogen-bond donors (Lipinski definition) is 0. The number of benzene rings is 1. The normalized spacial score (nSPS) is 11.6. The maximum absolute atomic E-state index is 13.3. The highest BCUT2D eigenvalue weighted by molar-refractivity contribution is 9.10. The number of halogens is 5. The Morgan fingerprint density at radius 1 is 1.38 bits per heavy atom. The molecule has 0 aromatic heterocycles. The Kier molecular flexibility index (Phi) is 3.79. The molecule has 0 fully saturated rings.